The van der Waals surface area contributed by atoms with Crippen LogP contribution in [0.1, 0.15) is 36.0 Å². The summed E-state index contributed by atoms with van der Waals surface area (Å²) < 4.78 is 50.7. The van der Waals surface area contributed by atoms with E-state index in [0.29, 0.717) is 31.0 Å². The van der Waals surface area contributed by atoms with Crippen molar-refractivity contribution in [3.05, 3.63) is 54.1 Å². The summed E-state index contributed by atoms with van der Waals surface area (Å²) in [4.78, 5) is 14.1. The maximum atomic E-state index is 13.2. The van der Waals surface area contributed by atoms with Crippen molar-refractivity contribution in [3.63, 3.8) is 0 Å². The Labute approximate surface area is 186 Å². The van der Waals surface area contributed by atoms with Crippen molar-refractivity contribution in [2.45, 2.75) is 31.9 Å². The van der Waals surface area contributed by atoms with Crippen LogP contribution in [0.25, 0.3) is 11.1 Å². The summed E-state index contributed by atoms with van der Waals surface area (Å²) in [5.41, 5.74) is 0.833. The third-order valence-corrected chi connectivity index (χ3v) is 6.66. The molecule has 1 saturated heterocycles. The zero-order valence-corrected chi connectivity index (χ0v) is 18.2. The van der Waals surface area contributed by atoms with Crippen LogP contribution in [0.5, 0.6) is 5.75 Å². The van der Waals surface area contributed by atoms with Gasteiger partial charge in [0, 0.05) is 6.54 Å². The molecule has 2 fully saturated rings. The molecular formula is C25H28F3NO3. The first-order valence-electron chi connectivity index (χ1n) is 11.0. The van der Waals surface area contributed by atoms with Gasteiger partial charge < -0.3 is 14.4 Å². The largest absolute Gasteiger partial charge is 0.492 e. The summed E-state index contributed by atoms with van der Waals surface area (Å²) in [5, 5.41) is 0. The van der Waals surface area contributed by atoms with Crippen molar-refractivity contribution in [2.24, 2.45) is 11.3 Å². The number of esters is 1. The number of alkyl halides is 3. The van der Waals surface area contributed by atoms with Crippen molar-refractivity contribution in [1.29, 1.82) is 0 Å². The highest BCUT2D eigenvalue weighted by molar-refractivity contribution is 5.93. The van der Waals surface area contributed by atoms with Gasteiger partial charge in [0.25, 0.3) is 0 Å². The van der Waals surface area contributed by atoms with Gasteiger partial charge in [-0.3, -0.25) is 0 Å². The molecule has 1 aliphatic heterocycles. The van der Waals surface area contributed by atoms with Crippen LogP contribution in [-0.2, 0) is 4.74 Å². The molecule has 7 heteroatoms. The quantitative estimate of drug-likeness (QED) is 0.520. The topological polar surface area (TPSA) is 38.8 Å². The number of hydrogen-bond acceptors (Lipinski definition) is 4. The van der Waals surface area contributed by atoms with E-state index in [1.165, 1.54) is 7.11 Å². The smallest absolute Gasteiger partial charge is 0.395 e. The molecule has 1 saturated carbocycles. The molecule has 0 unspecified atom stereocenters. The molecule has 2 aromatic rings. The molecule has 4 rings (SSSR count). The van der Waals surface area contributed by atoms with Crippen molar-refractivity contribution < 1.29 is 27.4 Å². The molecular weight excluding hydrogens is 419 g/mol. The van der Waals surface area contributed by atoms with Gasteiger partial charge in [0.2, 0.25) is 0 Å². The second kappa shape index (κ2) is 9.14. The average Bonchev–Trinajstić information content (AvgIpc) is 3.59. The molecule has 4 nitrogen and oxygen atoms in total. The van der Waals surface area contributed by atoms with Crippen molar-refractivity contribution in [2.75, 3.05) is 33.4 Å². The van der Waals surface area contributed by atoms with Crippen molar-refractivity contribution >= 4 is 5.97 Å². The number of piperidine rings is 1. The predicted octanol–water partition coefficient (Wildman–Crippen LogP) is 5.57. The lowest BCUT2D eigenvalue weighted by molar-refractivity contribution is -0.192. The van der Waals surface area contributed by atoms with Gasteiger partial charge in [-0.1, -0.05) is 36.4 Å². The normalized spacial score (nSPS) is 18.9. The SMILES string of the molecule is COC(=O)c1ccc(-c2ccccc2)cc1OCC1CCN(CC2(C(F)(F)F)CC2)CC1. The van der Waals surface area contributed by atoms with Crippen LogP contribution in [-0.4, -0.2) is 50.4 Å². The molecule has 0 N–H and O–H groups in total. The molecule has 172 valence electrons. The van der Waals surface area contributed by atoms with Crippen LogP contribution in [0.3, 0.4) is 0 Å². The molecule has 0 amide bonds. The highest BCUT2D eigenvalue weighted by Crippen LogP contribution is 2.58. The monoisotopic (exact) mass is 447 g/mol. The Morgan fingerprint density at radius 1 is 1.06 bits per heavy atom. The van der Waals surface area contributed by atoms with E-state index in [-0.39, 0.29) is 25.3 Å². The molecule has 1 heterocycles. The van der Waals surface area contributed by atoms with Gasteiger partial charge in [-0.15, -0.1) is 0 Å². The van der Waals surface area contributed by atoms with Gasteiger partial charge in [0.15, 0.2) is 0 Å². The fraction of sp³-hybridized carbons (Fsp3) is 0.480. The van der Waals surface area contributed by atoms with Crippen LogP contribution >= 0.6 is 0 Å². The molecule has 2 aromatic carbocycles. The number of benzene rings is 2. The predicted molar refractivity (Wildman–Crippen MR) is 116 cm³/mol. The third kappa shape index (κ3) is 4.93. The summed E-state index contributed by atoms with van der Waals surface area (Å²) in [5.74, 6) is 0.240. The summed E-state index contributed by atoms with van der Waals surface area (Å²) in [6.45, 7) is 1.80. The van der Waals surface area contributed by atoms with Crippen molar-refractivity contribution in [3.8, 4) is 16.9 Å². The van der Waals surface area contributed by atoms with Gasteiger partial charge in [-0.05, 0) is 68.0 Å². The standard InChI is InChI=1S/C25H28F3NO3/c1-31-23(30)21-8-7-20(19-5-3-2-4-6-19)15-22(21)32-16-18-9-13-29(14-10-18)17-24(11-12-24)25(26,27)28/h2-8,15,18H,9-14,16-17H2,1H3. The Balaban J connectivity index is 1.37. The van der Waals surface area contributed by atoms with E-state index < -0.39 is 17.6 Å². The average molecular weight is 447 g/mol. The maximum absolute atomic E-state index is 13.2. The van der Waals surface area contributed by atoms with E-state index in [9.17, 15) is 18.0 Å². The fourth-order valence-electron chi connectivity index (χ4n) is 4.36. The third-order valence-electron chi connectivity index (χ3n) is 6.66. The Bertz CT molecular complexity index is 933. The van der Waals surface area contributed by atoms with E-state index in [1.807, 2.05) is 47.4 Å². The second-order valence-electron chi connectivity index (χ2n) is 8.88. The Hall–Kier alpha value is -2.54. The number of nitrogens with zero attached hydrogens (tertiary/aromatic N) is 1. The zero-order valence-electron chi connectivity index (χ0n) is 18.2. The molecule has 2 aliphatic rings. The minimum absolute atomic E-state index is 0.107. The van der Waals surface area contributed by atoms with Crippen LogP contribution in [0, 0.1) is 11.3 Å². The lowest BCUT2D eigenvalue weighted by Crippen LogP contribution is -2.43. The molecule has 0 bridgehead atoms. The molecule has 0 aromatic heterocycles. The number of likely N-dealkylation sites (tertiary alicyclic amines) is 1. The first-order chi connectivity index (χ1) is 15.3. The van der Waals surface area contributed by atoms with E-state index >= 15 is 0 Å². The molecule has 32 heavy (non-hydrogen) atoms. The second-order valence-corrected chi connectivity index (χ2v) is 8.88. The number of rotatable bonds is 7. The maximum Gasteiger partial charge on any atom is 0.395 e. The summed E-state index contributed by atoms with van der Waals surface area (Å²) >= 11 is 0. The number of hydrogen-bond donors (Lipinski definition) is 0. The number of carbonyl (C=O) groups excluding carboxylic acids is 1. The highest BCUT2D eigenvalue weighted by atomic mass is 19.4. The Morgan fingerprint density at radius 3 is 2.34 bits per heavy atom. The lowest BCUT2D eigenvalue weighted by Gasteiger charge is -2.35. The number of carbonyl (C=O) groups is 1. The van der Waals surface area contributed by atoms with Crippen LogP contribution in [0.4, 0.5) is 13.2 Å². The molecule has 0 radical (unpaired) electrons. The number of methoxy groups -OCH3 is 1. The molecule has 0 spiro atoms. The highest BCUT2D eigenvalue weighted by Gasteiger charge is 2.63. The van der Waals surface area contributed by atoms with E-state index in [0.717, 1.165) is 24.0 Å². The minimum atomic E-state index is -4.11. The van der Waals surface area contributed by atoms with Gasteiger partial charge >= 0.3 is 12.1 Å². The minimum Gasteiger partial charge on any atom is -0.492 e. The number of ether oxygens (including phenoxy) is 2. The van der Waals surface area contributed by atoms with Crippen LogP contribution in [0.2, 0.25) is 0 Å². The zero-order chi connectivity index (χ0) is 22.8. The first-order valence-corrected chi connectivity index (χ1v) is 11.0. The van der Waals surface area contributed by atoms with E-state index in [4.69, 9.17) is 9.47 Å². The number of halogens is 3. The summed E-state index contributed by atoms with van der Waals surface area (Å²) in [6.07, 6.45) is -2.07. The molecule has 1 aliphatic carbocycles. The van der Waals surface area contributed by atoms with E-state index in [1.54, 1.807) is 6.07 Å². The summed E-state index contributed by atoms with van der Waals surface area (Å²) in [6, 6.07) is 15.2. The van der Waals surface area contributed by atoms with Gasteiger partial charge in [-0.2, -0.15) is 13.2 Å². The Morgan fingerprint density at radius 2 is 1.75 bits per heavy atom. The lowest BCUT2D eigenvalue weighted by atomic mass is 9.96. The van der Waals surface area contributed by atoms with Gasteiger partial charge in [0.1, 0.15) is 11.3 Å². The van der Waals surface area contributed by atoms with Gasteiger partial charge in [0.05, 0.1) is 19.1 Å². The Kier molecular flexibility index (Phi) is 6.47. The van der Waals surface area contributed by atoms with Crippen LogP contribution < -0.4 is 4.74 Å². The first kappa shape index (κ1) is 22.6. The van der Waals surface area contributed by atoms with Crippen molar-refractivity contribution in [1.82, 2.24) is 4.90 Å². The van der Waals surface area contributed by atoms with Crippen LogP contribution in [0.15, 0.2) is 48.5 Å². The van der Waals surface area contributed by atoms with E-state index in [2.05, 4.69) is 0 Å². The molecule has 0 atom stereocenters. The summed E-state index contributed by atoms with van der Waals surface area (Å²) in [7, 11) is 1.33. The van der Waals surface area contributed by atoms with Gasteiger partial charge in [-0.25, -0.2) is 4.79 Å². The fourth-order valence-corrected chi connectivity index (χ4v) is 4.36.